The summed E-state index contributed by atoms with van der Waals surface area (Å²) in [5.41, 5.74) is 0. The van der Waals surface area contributed by atoms with Gasteiger partial charge in [0.2, 0.25) is 0 Å². The van der Waals surface area contributed by atoms with Crippen LogP contribution in [0.2, 0.25) is 25.2 Å². The van der Waals surface area contributed by atoms with E-state index in [1.54, 1.807) is 0 Å². The van der Waals surface area contributed by atoms with E-state index in [1.807, 2.05) is 0 Å². The molecule has 44 valence electrons. The van der Waals surface area contributed by atoms with Gasteiger partial charge in [-0.25, -0.2) is 0 Å². The fourth-order valence-electron chi connectivity index (χ4n) is 0.837. The zero-order valence-corrected chi connectivity index (χ0v) is 9.03. The van der Waals surface area contributed by atoms with E-state index >= 15 is 0 Å². The zero-order valence-electron chi connectivity index (χ0n) is 5.57. The first kappa shape index (κ1) is 6.95. The maximum atomic E-state index is 2.60. The van der Waals surface area contributed by atoms with Crippen LogP contribution in [0.25, 0.3) is 0 Å². The van der Waals surface area contributed by atoms with E-state index in [4.69, 9.17) is 0 Å². The van der Waals surface area contributed by atoms with Gasteiger partial charge in [0.05, 0.1) is 0 Å². The van der Waals surface area contributed by atoms with Crippen LogP contribution < -0.4 is 0 Å². The second kappa shape index (κ2) is 2.62. The van der Waals surface area contributed by atoms with Crippen molar-refractivity contribution >= 4 is 15.5 Å². The molecule has 1 aliphatic heterocycles. The summed E-state index contributed by atoms with van der Waals surface area (Å²) >= 11 is -0.00766. The molecule has 0 N–H and O–H groups in total. The van der Waals surface area contributed by atoms with Crippen LogP contribution in [0.5, 0.6) is 0 Å². The van der Waals surface area contributed by atoms with Gasteiger partial charge in [0, 0.05) is 0 Å². The third-order valence-corrected chi connectivity index (χ3v) is 8.33. The van der Waals surface area contributed by atoms with Crippen molar-refractivity contribution < 1.29 is 22.3 Å². The quantitative estimate of drug-likeness (QED) is 0.522. The summed E-state index contributed by atoms with van der Waals surface area (Å²) in [4.78, 5) is 0. The van der Waals surface area contributed by atoms with Crippen LogP contribution in [-0.2, 0) is 22.3 Å². The molecule has 0 aromatic carbocycles. The summed E-state index contributed by atoms with van der Waals surface area (Å²) in [6.07, 6.45) is 0. The summed E-state index contributed by atoms with van der Waals surface area (Å²) in [7, 11) is -0.659. The molecule has 0 aromatic heterocycles. The third kappa shape index (κ3) is 1.99. The van der Waals surface area contributed by atoms with Gasteiger partial charge in [-0.05, 0) is 0 Å². The Morgan fingerprint density at radius 3 is 2.00 bits per heavy atom. The molecule has 0 bridgehead atoms. The van der Waals surface area contributed by atoms with Crippen LogP contribution >= 0.6 is 0 Å². The Morgan fingerprint density at radius 2 is 1.75 bits per heavy atom. The van der Waals surface area contributed by atoms with E-state index < -0.39 is 8.07 Å². The van der Waals surface area contributed by atoms with Crippen molar-refractivity contribution in [3.8, 4) is 0 Å². The van der Waals surface area contributed by atoms with Gasteiger partial charge in [-0.3, -0.25) is 0 Å². The van der Waals surface area contributed by atoms with Crippen molar-refractivity contribution in [3.05, 3.63) is 0 Å². The Bertz CT molecular complexity index is 131. The molecule has 1 rings (SSSR count). The molecule has 0 aliphatic carbocycles. The molecule has 0 amide bonds. The van der Waals surface area contributed by atoms with Gasteiger partial charge in [-0.2, -0.15) is 0 Å². The van der Waals surface area contributed by atoms with Crippen molar-refractivity contribution in [1.82, 2.24) is 0 Å². The van der Waals surface area contributed by atoms with E-state index in [1.165, 1.54) is 12.1 Å². The molecule has 0 radical (unpaired) electrons. The van der Waals surface area contributed by atoms with Crippen LogP contribution in [0.15, 0.2) is 0 Å². The first-order valence-electron chi connectivity index (χ1n) is 3.10. The number of rotatable bonds is 0. The van der Waals surface area contributed by atoms with Crippen LogP contribution in [0.3, 0.4) is 0 Å². The summed E-state index contributed by atoms with van der Waals surface area (Å²) < 4.78 is 5.19. The number of hydrogen-bond acceptors (Lipinski definition) is 0. The topological polar surface area (TPSA) is 0 Å². The molecule has 2 heteroatoms. The molecule has 0 atom stereocenters. The maximum absolute atomic E-state index is 2.60. The summed E-state index contributed by atoms with van der Waals surface area (Å²) in [6, 6.07) is 3.02. The van der Waals surface area contributed by atoms with E-state index in [2.05, 4.69) is 20.5 Å². The van der Waals surface area contributed by atoms with Gasteiger partial charge in [0.1, 0.15) is 0 Å². The molecule has 1 heterocycles. The summed E-state index contributed by atoms with van der Waals surface area (Å²) in [5.74, 6) is 0. The molecule has 0 nitrogen and oxygen atoms in total. The fourth-order valence-corrected chi connectivity index (χ4v) is 12.6. The average molecular weight is 203 g/mol. The monoisotopic (exact) mass is 202 g/mol. The molecule has 0 fully saturated rings. The van der Waals surface area contributed by atoms with Crippen molar-refractivity contribution in [2.45, 2.75) is 25.2 Å². The van der Waals surface area contributed by atoms with Crippen molar-refractivity contribution in [2.24, 2.45) is 0 Å². The molecule has 0 unspecified atom stereocenters. The van der Waals surface area contributed by atoms with E-state index in [0.717, 1.165) is 0 Å². The molecular weight excluding hydrogens is 191 g/mol. The first-order chi connectivity index (χ1) is 3.71. The minimum atomic E-state index is -0.659. The second-order valence-electron chi connectivity index (χ2n) is 3.15. The van der Waals surface area contributed by atoms with Gasteiger partial charge >= 0.3 is 62.9 Å². The van der Waals surface area contributed by atoms with Crippen LogP contribution in [0, 0.1) is 0 Å². The van der Waals surface area contributed by atoms with Gasteiger partial charge in [-0.1, -0.05) is 0 Å². The SMILES string of the molecule is C[Si]1(C)C[CH]=[Zr]=[CH]C1. The molecule has 0 saturated heterocycles. The molecule has 0 spiro atoms. The van der Waals surface area contributed by atoms with Crippen LogP contribution in [0.4, 0.5) is 0 Å². The first-order valence-corrected chi connectivity index (χ1v) is 9.35. The normalized spacial score (nSPS) is 23.8. The predicted octanol–water partition coefficient (Wildman–Crippen LogP) is 1.40. The fraction of sp³-hybridized carbons (Fsp3) is 0.667. The third-order valence-electron chi connectivity index (χ3n) is 1.54. The van der Waals surface area contributed by atoms with Gasteiger partial charge in [-0.15, -0.1) is 0 Å². The Kier molecular flexibility index (Phi) is 2.27. The van der Waals surface area contributed by atoms with E-state index in [0.29, 0.717) is 0 Å². The van der Waals surface area contributed by atoms with Crippen molar-refractivity contribution in [3.63, 3.8) is 0 Å². The second-order valence-corrected chi connectivity index (χ2v) is 11.1. The zero-order chi connectivity index (χ0) is 6.04. The molecular formula is C6H12SiZr. The van der Waals surface area contributed by atoms with E-state index in [9.17, 15) is 0 Å². The average Bonchev–Trinajstić information content (AvgIpc) is 1.65. The van der Waals surface area contributed by atoms with Crippen LogP contribution in [-0.4, -0.2) is 15.5 Å². The molecule has 0 saturated carbocycles. The Morgan fingerprint density at radius 1 is 1.25 bits per heavy atom. The Hall–Kier alpha value is 0.840. The van der Waals surface area contributed by atoms with Crippen molar-refractivity contribution in [1.29, 1.82) is 0 Å². The van der Waals surface area contributed by atoms with Crippen molar-refractivity contribution in [2.75, 3.05) is 0 Å². The summed E-state index contributed by atoms with van der Waals surface area (Å²) in [6.45, 7) is 4.97. The summed E-state index contributed by atoms with van der Waals surface area (Å²) in [5, 5.41) is 0. The molecule has 1 aliphatic rings. The van der Waals surface area contributed by atoms with E-state index in [-0.39, 0.29) is 22.3 Å². The number of hydrogen-bond donors (Lipinski definition) is 0. The molecule has 0 aromatic rings. The van der Waals surface area contributed by atoms with Crippen LogP contribution in [0.1, 0.15) is 0 Å². The molecule has 8 heavy (non-hydrogen) atoms. The Balaban J connectivity index is 2.62. The van der Waals surface area contributed by atoms with Gasteiger partial charge < -0.3 is 0 Å². The predicted molar refractivity (Wildman–Crippen MR) is 39.2 cm³/mol. The van der Waals surface area contributed by atoms with Gasteiger partial charge in [0.15, 0.2) is 0 Å². The minimum absolute atomic E-state index is 0.00766. The standard InChI is InChI=1S/C6H12Si.Zr/c1-5-7(3,4)6-2;/h1-2H,5-6H2,3-4H3;. The van der Waals surface area contributed by atoms with Gasteiger partial charge in [0.25, 0.3) is 0 Å². The Labute approximate surface area is 62.8 Å².